The van der Waals surface area contributed by atoms with Crippen molar-refractivity contribution in [3.8, 4) is 0 Å². The van der Waals surface area contributed by atoms with E-state index in [4.69, 9.17) is 0 Å². The molecule has 0 radical (unpaired) electrons. The molecule has 82 valence electrons. The van der Waals surface area contributed by atoms with Crippen molar-refractivity contribution in [3.63, 3.8) is 0 Å². The smallest absolute Gasteiger partial charge is 0.311 e. The predicted octanol–water partition coefficient (Wildman–Crippen LogP) is 2.63. The quantitative estimate of drug-likeness (QED) is 0.463. The van der Waals surface area contributed by atoms with E-state index in [9.17, 15) is 4.39 Å². The Morgan fingerprint density at radius 1 is 1.40 bits per heavy atom. The van der Waals surface area contributed by atoms with Crippen LogP contribution in [0.2, 0.25) is 0 Å². The molecule has 2 aromatic rings. The van der Waals surface area contributed by atoms with E-state index in [0.717, 1.165) is 0 Å². The molecular weight excluding hydrogens is 215 g/mol. The Hall–Kier alpha value is -1.17. The molecule has 0 aliphatic carbocycles. The topological polar surface area (TPSA) is 54.5 Å². The standard InChI is InChI=1S/C6H5FN4S.C3H8/c1-12-5-3-4(9-2-8-3)10-6(7)11-5;1-3-2/h2H,1H3,(H,8,9,10,11);3H2,1-2H3. The van der Waals surface area contributed by atoms with Gasteiger partial charge in [0.1, 0.15) is 10.5 Å². The van der Waals surface area contributed by atoms with Gasteiger partial charge in [0, 0.05) is 0 Å². The van der Waals surface area contributed by atoms with Gasteiger partial charge in [-0.2, -0.15) is 14.4 Å². The first-order chi connectivity index (χ1) is 7.22. The van der Waals surface area contributed by atoms with Crippen LogP contribution in [-0.4, -0.2) is 26.2 Å². The summed E-state index contributed by atoms with van der Waals surface area (Å²) in [6.07, 6.45) is 3.81. The number of fused-ring (bicyclic) bond motifs is 1. The zero-order valence-corrected chi connectivity index (χ0v) is 9.73. The monoisotopic (exact) mass is 228 g/mol. The second-order valence-electron chi connectivity index (χ2n) is 2.81. The highest BCUT2D eigenvalue weighted by atomic mass is 32.2. The molecular formula is C9H13FN4S. The number of hydrogen-bond acceptors (Lipinski definition) is 4. The van der Waals surface area contributed by atoms with Crippen molar-refractivity contribution in [2.45, 2.75) is 25.3 Å². The molecule has 0 saturated carbocycles. The number of nitrogens with one attached hydrogen (secondary N) is 1. The highest BCUT2D eigenvalue weighted by Crippen LogP contribution is 2.19. The molecule has 0 unspecified atom stereocenters. The fraction of sp³-hybridized carbons (Fsp3) is 0.444. The van der Waals surface area contributed by atoms with Crippen LogP contribution in [0.1, 0.15) is 20.3 Å². The summed E-state index contributed by atoms with van der Waals surface area (Å²) in [6, 6.07) is 0. The molecule has 0 bridgehead atoms. The molecule has 0 atom stereocenters. The van der Waals surface area contributed by atoms with Gasteiger partial charge < -0.3 is 4.98 Å². The summed E-state index contributed by atoms with van der Waals surface area (Å²) >= 11 is 1.35. The van der Waals surface area contributed by atoms with Crippen LogP contribution >= 0.6 is 11.8 Å². The third-order valence-electron chi connectivity index (χ3n) is 1.42. The summed E-state index contributed by atoms with van der Waals surface area (Å²) in [5, 5.41) is 0.579. The fourth-order valence-electron chi connectivity index (χ4n) is 0.929. The minimum Gasteiger partial charge on any atom is -0.341 e. The minimum atomic E-state index is -0.737. The molecule has 0 aromatic carbocycles. The van der Waals surface area contributed by atoms with Crippen molar-refractivity contribution in [2.24, 2.45) is 0 Å². The Labute approximate surface area is 91.7 Å². The van der Waals surface area contributed by atoms with Gasteiger partial charge in [0.15, 0.2) is 5.65 Å². The lowest BCUT2D eigenvalue weighted by Gasteiger charge is -1.95. The average Bonchev–Trinajstić information content (AvgIpc) is 2.65. The lowest BCUT2D eigenvalue weighted by atomic mass is 10.6. The van der Waals surface area contributed by atoms with E-state index in [-0.39, 0.29) is 0 Å². The second kappa shape index (κ2) is 5.65. The number of nitrogens with zero attached hydrogens (tertiary/aromatic N) is 3. The largest absolute Gasteiger partial charge is 0.341 e. The molecule has 0 amide bonds. The van der Waals surface area contributed by atoms with Gasteiger partial charge in [0.05, 0.1) is 6.33 Å². The Morgan fingerprint density at radius 3 is 2.67 bits per heavy atom. The normalized spacial score (nSPS) is 9.87. The number of hydrogen-bond donors (Lipinski definition) is 1. The van der Waals surface area contributed by atoms with Gasteiger partial charge in [-0.3, -0.25) is 0 Å². The summed E-state index contributed by atoms with van der Waals surface area (Å²) in [6.45, 7) is 4.25. The maximum absolute atomic E-state index is 12.7. The summed E-state index contributed by atoms with van der Waals surface area (Å²) in [7, 11) is 0. The number of halogens is 1. The third-order valence-corrected chi connectivity index (χ3v) is 2.10. The molecule has 6 heteroatoms. The Bertz CT molecular complexity index is 429. The van der Waals surface area contributed by atoms with E-state index in [2.05, 4.69) is 33.8 Å². The molecule has 2 aromatic heterocycles. The molecule has 4 nitrogen and oxygen atoms in total. The van der Waals surface area contributed by atoms with Crippen molar-refractivity contribution in [2.75, 3.05) is 6.26 Å². The van der Waals surface area contributed by atoms with Crippen molar-refractivity contribution in [1.82, 2.24) is 19.9 Å². The number of thioether (sulfide) groups is 1. The predicted molar refractivity (Wildman–Crippen MR) is 59.4 cm³/mol. The van der Waals surface area contributed by atoms with Crippen LogP contribution in [-0.2, 0) is 0 Å². The molecule has 0 fully saturated rings. The van der Waals surface area contributed by atoms with Crippen molar-refractivity contribution < 1.29 is 4.39 Å². The van der Waals surface area contributed by atoms with Gasteiger partial charge >= 0.3 is 6.08 Å². The van der Waals surface area contributed by atoms with Gasteiger partial charge in [-0.1, -0.05) is 20.3 Å². The first-order valence-corrected chi connectivity index (χ1v) is 5.86. The van der Waals surface area contributed by atoms with Gasteiger partial charge in [-0.25, -0.2) is 4.98 Å². The van der Waals surface area contributed by atoms with Gasteiger partial charge in [-0.05, 0) is 6.26 Å². The average molecular weight is 228 g/mol. The van der Waals surface area contributed by atoms with E-state index in [1.807, 2.05) is 6.26 Å². The highest BCUT2D eigenvalue weighted by molar-refractivity contribution is 7.98. The minimum absolute atomic E-state index is 0.367. The first-order valence-electron chi connectivity index (χ1n) is 4.63. The summed E-state index contributed by atoms with van der Waals surface area (Å²) in [4.78, 5) is 13.8. The van der Waals surface area contributed by atoms with E-state index in [1.165, 1.54) is 24.5 Å². The van der Waals surface area contributed by atoms with E-state index in [1.54, 1.807) is 0 Å². The number of aromatic nitrogens is 4. The van der Waals surface area contributed by atoms with Gasteiger partial charge in [0.2, 0.25) is 0 Å². The molecule has 0 aliphatic heterocycles. The molecule has 1 N–H and O–H groups in total. The molecule has 15 heavy (non-hydrogen) atoms. The van der Waals surface area contributed by atoms with Crippen molar-refractivity contribution in [3.05, 3.63) is 12.4 Å². The zero-order valence-electron chi connectivity index (χ0n) is 8.91. The lowest BCUT2D eigenvalue weighted by Crippen LogP contribution is -1.92. The number of H-pyrrole nitrogens is 1. The maximum Gasteiger partial charge on any atom is 0.311 e. The Kier molecular flexibility index (Phi) is 4.48. The van der Waals surface area contributed by atoms with Crippen LogP contribution < -0.4 is 0 Å². The van der Waals surface area contributed by atoms with Gasteiger partial charge in [-0.15, -0.1) is 11.8 Å². The van der Waals surface area contributed by atoms with Crippen molar-refractivity contribution >= 4 is 22.9 Å². The molecule has 2 rings (SSSR count). The third kappa shape index (κ3) is 2.89. The van der Waals surface area contributed by atoms with Crippen LogP contribution in [0.4, 0.5) is 4.39 Å². The maximum atomic E-state index is 12.7. The Morgan fingerprint density at radius 2 is 2.07 bits per heavy atom. The number of imidazole rings is 1. The first kappa shape index (κ1) is 11.9. The summed E-state index contributed by atoms with van der Waals surface area (Å²) in [5.74, 6) is 0. The summed E-state index contributed by atoms with van der Waals surface area (Å²) in [5.41, 5.74) is 1.05. The fourth-order valence-corrected chi connectivity index (χ4v) is 1.45. The zero-order chi connectivity index (χ0) is 11.3. The van der Waals surface area contributed by atoms with Crippen LogP contribution in [0.5, 0.6) is 0 Å². The van der Waals surface area contributed by atoms with E-state index in [0.29, 0.717) is 16.2 Å². The van der Waals surface area contributed by atoms with Gasteiger partial charge in [0.25, 0.3) is 0 Å². The van der Waals surface area contributed by atoms with Crippen LogP contribution in [0, 0.1) is 6.08 Å². The highest BCUT2D eigenvalue weighted by Gasteiger charge is 2.07. The Balaban J connectivity index is 0.000000337. The van der Waals surface area contributed by atoms with E-state index >= 15 is 0 Å². The summed E-state index contributed by atoms with van der Waals surface area (Å²) < 4.78 is 12.7. The van der Waals surface area contributed by atoms with Crippen LogP contribution in [0.15, 0.2) is 11.4 Å². The van der Waals surface area contributed by atoms with E-state index < -0.39 is 6.08 Å². The van der Waals surface area contributed by atoms with Crippen molar-refractivity contribution in [1.29, 1.82) is 0 Å². The SMILES string of the molecule is CCC.CSc1nc(F)nc2nc[nH]c12. The molecule has 0 spiro atoms. The van der Waals surface area contributed by atoms with Crippen LogP contribution in [0.3, 0.4) is 0 Å². The number of aromatic amines is 1. The molecule has 0 saturated heterocycles. The second-order valence-corrected chi connectivity index (χ2v) is 3.61. The molecule has 2 heterocycles. The van der Waals surface area contributed by atoms with Crippen LogP contribution in [0.25, 0.3) is 11.2 Å². The number of rotatable bonds is 1. The molecule has 0 aliphatic rings. The lowest BCUT2D eigenvalue weighted by molar-refractivity contribution is 0.533.